The van der Waals surface area contributed by atoms with Crippen LogP contribution in [-0.4, -0.2) is 71.1 Å². The van der Waals surface area contributed by atoms with Gasteiger partial charge in [-0.3, -0.25) is 9.69 Å². The first kappa shape index (κ1) is 28.0. The zero-order valence-electron chi connectivity index (χ0n) is 23.4. The number of fused-ring (bicyclic) bond motifs is 1. The van der Waals surface area contributed by atoms with Crippen LogP contribution in [0, 0.1) is 18.8 Å². The molecule has 0 radical (unpaired) electrons. The van der Waals surface area contributed by atoms with Crippen molar-refractivity contribution in [2.24, 2.45) is 11.8 Å². The average molecular weight is 545 g/mol. The van der Waals surface area contributed by atoms with Crippen LogP contribution in [0.25, 0.3) is 0 Å². The van der Waals surface area contributed by atoms with Crippen molar-refractivity contribution < 1.29 is 22.7 Å². The zero-order valence-corrected chi connectivity index (χ0v) is 23.4. The summed E-state index contributed by atoms with van der Waals surface area (Å²) < 4.78 is 46.9. The molecule has 5 rings (SSSR count). The molecule has 0 N–H and O–H groups in total. The van der Waals surface area contributed by atoms with E-state index in [1.165, 1.54) is 5.56 Å². The minimum atomic E-state index is -4.73. The van der Waals surface area contributed by atoms with Gasteiger partial charge in [0, 0.05) is 55.3 Å². The highest BCUT2D eigenvalue weighted by atomic mass is 19.4. The Kier molecular flexibility index (Phi) is 7.76. The number of rotatable bonds is 5. The summed E-state index contributed by atoms with van der Waals surface area (Å²) in [5.74, 6) is -0.468. The van der Waals surface area contributed by atoms with Gasteiger partial charge >= 0.3 is 6.18 Å². The Balaban J connectivity index is 1.28. The molecule has 2 atom stereocenters. The summed E-state index contributed by atoms with van der Waals surface area (Å²) in [5, 5.41) is 0. The van der Waals surface area contributed by atoms with Gasteiger partial charge in [-0.1, -0.05) is 45.0 Å². The molecule has 2 aromatic rings. The van der Waals surface area contributed by atoms with E-state index >= 15 is 0 Å². The second-order valence-corrected chi connectivity index (χ2v) is 12.4. The summed E-state index contributed by atoms with van der Waals surface area (Å²) in [6.07, 6.45) is -2.26. The van der Waals surface area contributed by atoms with E-state index in [1.54, 1.807) is 11.8 Å². The zero-order chi connectivity index (χ0) is 27.9. The number of likely N-dealkylation sites (tertiary alicyclic amines) is 2. The number of alkyl halides is 3. The van der Waals surface area contributed by atoms with Crippen LogP contribution < -0.4 is 0 Å². The fourth-order valence-electron chi connectivity index (χ4n) is 6.18. The molecule has 3 fully saturated rings. The largest absolute Gasteiger partial charge is 0.451 e. The van der Waals surface area contributed by atoms with E-state index < -0.39 is 17.9 Å². The Bertz CT molecular complexity index is 1170. The van der Waals surface area contributed by atoms with E-state index in [0.717, 1.165) is 44.7 Å². The lowest BCUT2D eigenvalue weighted by atomic mass is 9.86. The first-order chi connectivity index (χ1) is 18.4. The third-order valence-electron chi connectivity index (χ3n) is 8.71. The summed E-state index contributed by atoms with van der Waals surface area (Å²) in [5.41, 5.74) is 2.83. The van der Waals surface area contributed by atoms with E-state index in [9.17, 15) is 18.0 Å². The molecule has 39 heavy (non-hydrogen) atoms. The van der Waals surface area contributed by atoms with E-state index in [-0.39, 0.29) is 16.8 Å². The number of nitrogens with zero attached hydrogens (tertiary/aromatic N) is 4. The maximum absolute atomic E-state index is 13.8. The van der Waals surface area contributed by atoms with Gasteiger partial charge in [0.25, 0.3) is 5.91 Å². The number of amides is 1. The molecule has 3 aliphatic heterocycles. The summed E-state index contributed by atoms with van der Waals surface area (Å²) >= 11 is 0. The monoisotopic (exact) mass is 544 g/mol. The van der Waals surface area contributed by atoms with Crippen molar-refractivity contribution in [3.63, 3.8) is 0 Å². The molecule has 0 saturated carbocycles. The third-order valence-corrected chi connectivity index (χ3v) is 8.71. The lowest BCUT2D eigenvalue weighted by Gasteiger charge is -2.37. The molecule has 6 nitrogen and oxygen atoms in total. The molecule has 9 heteroatoms. The number of aryl methyl sites for hydroxylation is 2. The van der Waals surface area contributed by atoms with Gasteiger partial charge in [0.15, 0.2) is 0 Å². The van der Waals surface area contributed by atoms with Crippen LogP contribution in [-0.2, 0) is 29.2 Å². The SMILES string of the molecule is Cc1c(CCc2ccc(C(C)(C)C)cc2)nc(C(F)(F)F)nc1C(=O)N1CCC(N2CC3COCC3C2)CC1. The van der Waals surface area contributed by atoms with Gasteiger partial charge < -0.3 is 9.64 Å². The Hall–Kier alpha value is -2.52. The molecule has 2 unspecified atom stereocenters. The van der Waals surface area contributed by atoms with Gasteiger partial charge in [0.2, 0.25) is 5.82 Å². The van der Waals surface area contributed by atoms with Gasteiger partial charge in [-0.15, -0.1) is 0 Å². The highest BCUT2D eigenvalue weighted by Gasteiger charge is 2.41. The lowest BCUT2D eigenvalue weighted by Crippen LogP contribution is -2.47. The number of halogens is 3. The van der Waals surface area contributed by atoms with E-state index in [4.69, 9.17) is 4.74 Å². The maximum atomic E-state index is 13.8. The molecular formula is C30H39F3N4O2. The van der Waals surface area contributed by atoms with Crippen LogP contribution >= 0.6 is 0 Å². The fourth-order valence-corrected chi connectivity index (χ4v) is 6.18. The Labute approximate surface area is 229 Å². The minimum absolute atomic E-state index is 0.0234. The van der Waals surface area contributed by atoms with Crippen LogP contribution in [0.5, 0.6) is 0 Å². The smallest absolute Gasteiger partial charge is 0.381 e. The number of carbonyl (C=O) groups excluding carboxylic acids is 1. The summed E-state index contributed by atoms with van der Waals surface area (Å²) in [7, 11) is 0. The molecule has 1 aromatic carbocycles. The first-order valence-electron chi connectivity index (χ1n) is 14.1. The molecule has 0 bridgehead atoms. The van der Waals surface area contributed by atoms with Gasteiger partial charge in [0.1, 0.15) is 5.69 Å². The van der Waals surface area contributed by atoms with Gasteiger partial charge in [-0.05, 0) is 49.1 Å². The standard InChI is InChI=1S/C30H39F3N4O2/c1-19-25(10-7-20-5-8-23(9-6-20)29(2,3)4)34-28(30(31,32)33)35-26(19)27(38)36-13-11-24(12-14-36)37-15-21-17-39-18-22(21)16-37/h5-6,8-9,21-22,24H,7,10-18H2,1-4H3. The van der Waals surface area contributed by atoms with Crippen LogP contribution in [0.4, 0.5) is 13.2 Å². The molecular weight excluding hydrogens is 505 g/mol. The fraction of sp³-hybridized carbons (Fsp3) is 0.633. The number of hydrogen-bond acceptors (Lipinski definition) is 5. The van der Waals surface area contributed by atoms with Crippen molar-refractivity contribution >= 4 is 5.91 Å². The van der Waals surface area contributed by atoms with E-state index in [0.29, 0.717) is 49.4 Å². The van der Waals surface area contributed by atoms with Gasteiger partial charge in [0.05, 0.1) is 13.2 Å². The predicted octanol–water partition coefficient (Wildman–Crippen LogP) is 5.07. The van der Waals surface area contributed by atoms with E-state index in [2.05, 4.69) is 47.8 Å². The van der Waals surface area contributed by atoms with Crippen LogP contribution in [0.1, 0.15) is 72.3 Å². The van der Waals surface area contributed by atoms with E-state index in [1.807, 2.05) is 12.1 Å². The number of benzene rings is 1. The molecule has 1 amide bonds. The number of carbonyl (C=O) groups is 1. The first-order valence-corrected chi connectivity index (χ1v) is 14.1. The van der Waals surface area contributed by atoms with Crippen molar-refractivity contribution in [3.05, 3.63) is 58.2 Å². The lowest BCUT2D eigenvalue weighted by molar-refractivity contribution is -0.145. The normalized spacial score (nSPS) is 22.9. The van der Waals surface area contributed by atoms with Crippen molar-refractivity contribution in [1.82, 2.24) is 19.8 Å². The van der Waals surface area contributed by atoms with Crippen molar-refractivity contribution in [3.8, 4) is 0 Å². The summed E-state index contributed by atoms with van der Waals surface area (Å²) in [6, 6.07) is 8.54. The molecule has 0 aliphatic carbocycles. The highest BCUT2D eigenvalue weighted by molar-refractivity contribution is 5.94. The number of piperidine rings is 1. The number of aromatic nitrogens is 2. The Morgan fingerprint density at radius 1 is 0.974 bits per heavy atom. The quantitative estimate of drug-likeness (QED) is 0.526. The van der Waals surface area contributed by atoms with Crippen LogP contribution in [0.2, 0.25) is 0 Å². The molecule has 4 heterocycles. The minimum Gasteiger partial charge on any atom is -0.381 e. The predicted molar refractivity (Wildman–Crippen MR) is 143 cm³/mol. The molecule has 3 aliphatic rings. The maximum Gasteiger partial charge on any atom is 0.451 e. The van der Waals surface area contributed by atoms with Crippen molar-refractivity contribution in [2.75, 3.05) is 39.4 Å². The van der Waals surface area contributed by atoms with Gasteiger partial charge in [-0.2, -0.15) is 13.2 Å². The van der Waals surface area contributed by atoms with Gasteiger partial charge in [-0.25, -0.2) is 9.97 Å². The Morgan fingerprint density at radius 2 is 1.59 bits per heavy atom. The molecule has 0 spiro atoms. The topological polar surface area (TPSA) is 58.6 Å². The second-order valence-electron chi connectivity index (χ2n) is 12.4. The third kappa shape index (κ3) is 6.14. The Morgan fingerprint density at radius 3 is 2.15 bits per heavy atom. The van der Waals surface area contributed by atoms with Crippen LogP contribution in [0.3, 0.4) is 0 Å². The molecule has 212 valence electrons. The molecule has 1 aromatic heterocycles. The highest BCUT2D eigenvalue weighted by Crippen LogP contribution is 2.33. The second kappa shape index (κ2) is 10.8. The number of hydrogen-bond donors (Lipinski definition) is 0. The van der Waals surface area contributed by atoms with Crippen molar-refractivity contribution in [1.29, 1.82) is 0 Å². The molecule has 3 saturated heterocycles. The van der Waals surface area contributed by atoms with Crippen molar-refractivity contribution in [2.45, 2.75) is 71.0 Å². The number of ether oxygens (including phenoxy) is 1. The average Bonchev–Trinajstić information content (AvgIpc) is 3.50. The van der Waals surface area contributed by atoms with Crippen LogP contribution in [0.15, 0.2) is 24.3 Å². The summed E-state index contributed by atoms with van der Waals surface area (Å²) in [6.45, 7) is 12.8. The summed E-state index contributed by atoms with van der Waals surface area (Å²) in [4.78, 5) is 25.3.